The standard InChI is InChI=1S/C20H23NS/c1-4-21(5-2)14-15(3)12-16-10-11-20-18(13-16)17-8-6-7-9-19(17)22-20/h6-13H,4-5,14H2,1-3H3. The number of nitrogens with zero attached hydrogens (tertiary/aromatic N) is 1. The third kappa shape index (κ3) is 3.08. The van der Waals surface area contributed by atoms with Gasteiger partial charge in [0.25, 0.3) is 0 Å². The molecule has 2 aromatic carbocycles. The Bertz CT molecular complexity index is 809. The van der Waals surface area contributed by atoms with Crippen LogP contribution in [0.25, 0.3) is 26.2 Å². The molecule has 0 spiro atoms. The molecular formula is C20H23NS. The van der Waals surface area contributed by atoms with Gasteiger partial charge in [-0.2, -0.15) is 0 Å². The van der Waals surface area contributed by atoms with Gasteiger partial charge in [0.1, 0.15) is 0 Å². The van der Waals surface area contributed by atoms with Gasteiger partial charge in [-0.25, -0.2) is 0 Å². The fourth-order valence-electron chi connectivity index (χ4n) is 2.96. The van der Waals surface area contributed by atoms with E-state index in [1.165, 1.54) is 31.3 Å². The maximum absolute atomic E-state index is 2.45. The summed E-state index contributed by atoms with van der Waals surface area (Å²) in [4.78, 5) is 2.45. The maximum Gasteiger partial charge on any atom is 0.0355 e. The molecule has 0 aliphatic rings. The lowest BCUT2D eigenvalue weighted by Gasteiger charge is -2.18. The summed E-state index contributed by atoms with van der Waals surface area (Å²) in [6.07, 6.45) is 2.32. The second-order valence-corrected chi connectivity index (χ2v) is 6.89. The molecule has 3 rings (SSSR count). The first kappa shape index (κ1) is 15.3. The molecule has 0 unspecified atom stereocenters. The summed E-state index contributed by atoms with van der Waals surface area (Å²) >= 11 is 1.88. The highest BCUT2D eigenvalue weighted by Gasteiger charge is 2.05. The van der Waals surface area contributed by atoms with Gasteiger partial charge in [0.2, 0.25) is 0 Å². The third-order valence-corrected chi connectivity index (χ3v) is 5.33. The number of thiophene rings is 1. The smallest absolute Gasteiger partial charge is 0.0355 e. The molecule has 0 saturated carbocycles. The predicted octanol–water partition coefficient (Wildman–Crippen LogP) is 5.80. The molecule has 0 bridgehead atoms. The van der Waals surface area contributed by atoms with Crippen LogP contribution in [0.3, 0.4) is 0 Å². The lowest BCUT2D eigenvalue weighted by atomic mass is 10.1. The molecule has 3 aromatic rings. The monoisotopic (exact) mass is 309 g/mol. The third-order valence-electron chi connectivity index (χ3n) is 4.18. The first-order valence-corrected chi connectivity index (χ1v) is 8.83. The predicted molar refractivity (Wildman–Crippen MR) is 101 cm³/mol. The van der Waals surface area contributed by atoms with E-state index in [1.54, 1.807) is 0 Å². The topological polar surface area (TPSA) is 3.24 Å². The number of fused-ring (bicyclic) bond motifs is 3. The Labute approximate surface area is 136 Å². The fraction of sp³-hybridized carbons (Fsp3) is 0.300. The van der Waals surface area contributed by atoms with Crippen molar-refractivity contribution in [3.63, 3.8) is 0 Å². The molecule has 2 heteroatoms. The van der Waals surface area contributed by atoms with Gasteiger partial charge in [-0.05, 0) is 43.8 Å². The molecule has 0 N–H and O–H groups in total. The van der Waals surface area contributed by atoms with Crippen molar-refractivity contribution in [3.8, 4) is 0 Å². The van der Waals surface area contributed by atoms with E-state index in [4.69, 9.17) is 0 Å². The second kappa shape index (κ2) is 6.64. The second-order valence-electron chi connectivity index (χ2n) is 5.81. The molecule has 0 fully saturated rings. The lowest BCUT2D eigenvalue weighted by molar-refractivity contribution is 0.330. The summed E-state index contributed by atoms with van der Waals surface area (Å²) in [6, 6.07) is 15.5. The number of rotatable bonds is 5. The summed E-state index contributed by atoms with van der Waals surface area (Å²) in [5.41, 5.74) is 2.73. The Morgan fingerprint density at radius 2 is 1.73 bits per heavy atom. The molecule has 114 valence electrons. The van der Waals surface area contributed by atoms with E-state index in [0.29, 0.717) is 0 Å². The minimum Gasteiger partial charge on any atom is -0.300 e. The summed E-state index contributed by atoms with van der Waals surface area (Å²) < 4.78 is 2.75. The van der Waals surface area contributed by atoms with Crippen LogP contribution in [0.4, 0.5) is 0 Å². The Balaban J connectivity index is 1.96. The van der Waals surface area contributed by atoms with Gasteiger partial charge in [-0.3, -0.25) is 4.90 Å². The van der Waals surface area contributed by atoms with E-state index in [9.17, 15) is 0 Å². The lowest BCUT2D eigenvalue weighted by Crippen LogP contribution is -2.24. The Kier molecular flexibility index (Phi) is 4.60. The van der Waals surface area contributed by atoms with E-state index in [1.807, 2.05) is 11.3 Å². The van der Waals surface area contributed by atoms with Crippen molar-refractivity contribution in [1.82, 2.24) is 4.90 Å². The first-order valence-electron chi connectivity index (χ1n) is 8.02. The van der Waals surface area contributed by atoms with Gasteiger partial charge in [0.15, 0.2) is 0 Å². The highest BCUT2D eigenvalue weighted by Crippen LogP contribution is 2.34. The Morgan fingerprint density at radius 1 is 1.00 bits per heavy atom. The molecule has 0 saturated heterocycles. The van der Waals surface area contributed by atoms with Crippen LogP contribution < -0.4 is 0 Å². The van der Waals surface area contributed by atoms with Gasteiger partial charge >= 0.3 is 0 Å². The quantitative estimate of drug-likeness (QED) is 0.575. The van der Waals surface area contributed by atoms with E-state index in [2.05, 4.69) is 74.2 Å². The molecule has 0 atom stereocenters. The average Bonchev–Trinajstić information content (AvgIpc) is 2.90. The minimum atomic E-state index is 1.05. The molecular weight excluding hydrogens is 286 g/mol. The van der Waals surface area contributed by atoms with Crippen molar-refractivity contribution in [1.29, 1.82) is 0 Å². The van der Waals surface area contributed by atoms with E-state index in [0.717, 1.165) is 19.6 Å². The molecule has 22 heavy (non-hydrogen) atoms. The summed E-state index contributed by atoms with van der Waals surface area (Å²) in [6.45, 7) is 9.94. The molecule has 1 aromatic heterocycles. The number of hydrogen-bond acceptors (Lipinski definition) is 2. The minimum absolute atomic E-state index is 1.05. The normalized spacial score (nSPS) is 12.6. The molecule has 0 aliphatic carbocycles. The van der Waals surface area contributed by atoms with Gasteiger partial charge in [0, 0.05) is 26.7 Å². The highest BCUT2D eigenvalue weighted by molar-refractivity contribution is 7.25. The van der Waals surface area contributed by atoms with Crippen molar-refractivity contribution in [2.45, 2.75) is 20.8 Å². The molecule has 1 nitrogen and oxygen atoms in total. The Morgan fingerprint density at radius 3 is 2.50 bits per heavy atom. The summed E-state index contributed by atoms with van der Waals surface area (Å²) in [5.74, 6) is 0. The van der Waals surface area contributed by atoms with E-state index < -0.39 is 0 Å². The van der Waals surface area contributed by atoms with E-state index >= 15 is 0 Å². The van der Waals surface area contributed by atoms with Gasteiger partial charge in [-0.15, -0.1) is 11.3 Å². The van der Waals surface area contributed by atoms with Crippen LogP contribution in [0.1, 0.15) is 26.3 Å². The van der Waals surface area contributed by atoms with Crippen LogP contribution in [-0.2, 0) is 0 Å². The zero-order valence-electron chi connectivity index (χ0n) is 13.6. The van der Waals surface area contributed by atoms with Crippen LogP contribution in [0.2, 0.25) is 0 Å². The average molecular weight is 309 g/mol. The molecule has 1 heterocycles. The van der Waals surface area contributed by atoms with Crippen molar-refractivity contribution in [3.05, 3.63) is 53.6 Å². The first-order chi connectivity index (χ1) is 10.7. The van der Waals surface area contributed by atoms with E-state index in [-0.39, 0.29) is 0 Å². The number of hydrogen-bond donors (Lipinski definition) is 0. The largest absolute Gasteiger partial charge is 0.300 e. The maximum atomic E-state index is 2.45. The van der Waals surface area contributed by atoms with Crippen LogP contribution in [0, 0.1) is 0 Å². The van der Waals surface area contributed by atoms with Crippen molar-refractivity contribution in [2.75, 3.05) is 19.6 Å². The SMILES string of the molecule is CCN(CC)CC(C)=Cc1ccc2sc3ccccc3c2c1. The summed E-state index contributed by atoms with van der Waals surface area (Å²) in [5, 5.41) is 2.75. The van der Waals surface area contributed by atoms with Crippen molar-refractivity contribution in [2.24, 2.45) is 0 Å². The van der Waals surface area contributed by atoms with Crippen LogP contribution in [0.5, 0.6) is 0 Å². The van der Waals surface area contributed by atoms with Gasteiger partial charge in [0.05, 0.1) is 0 Å². The Hall–Kier alpha value is -1.64. The zero-order valence-corrected chi connectivity index (χ0v) is 14.4. The molecule has 0 aliphatic heterocycles. The highest BCUT2D eigenvalue weighted by atomic mass is 32.1. The van der Waals surface area contributed by atoms with Crippen LogP contribution >= 0.6 is 11.3 Å². The summed E-state index contributed by atoms with van der Waals surface area (Å²) in [7, 11) is 0. The van der Waals surface area contributed by atoms with Gasteiger partial charge < -0.3 is 0 Å². The van der Waals surface area contributed by atoms with Crippen molar-refractivity contribution >= 4 is 37.6 Å². The zero-order chi connectivity index (χ0) is 15.5. The number of benzene rings is 2. The van der Waals surface area contributed by atoms with Crippen molar-refractivity contribution < 1.29 is 0 Å². The fourth-order valence-corrected chi connectivity index (χ4v) is 4.05. The van der Waals surface area contributed by atoms with Gasteiger partial charge in [-0.1, -0.05) is 49.8 Å². The molecule has 0 amide bonds. The number of likely N-dealkylation sites (N-methyl/N-ethyl adjacent to an activating group) is 1. The molecule has 0 radical (unpaired) electrons. The van der Waals surface area contributed by atoms with Crippen LogP contribution in [0.15, 0.2) is 48.0 Å². The van der Waals surface area contributed by atoms with Crippen LogP contribution in [-0.4, -0.2) is 24.5 Å².